The van der Waals surface area contributed by atoms with Crippen LogP contribution in [0, 0.1) is 10.1 Å². The second-order valence-corrected chi connectivity index (χ2v) is 7.57. The molecule has 0 aliphatic carbocycles. The molecule has 2 heterocycles. The molecule has 6 nitrogen and oxygen atoms in total. The number of hydrogen-bond acceptors (Lipinski definition) is 5. The fourth-order valence-electron chi connectivity index (χ4n) is 4.16. The molecule has 0 radical (unpaired) electrons. The summed E-state index contributed by atoms with van der Waals surface area (Å²) in [6.07, 6.45) is 4.62. The van der Waals surface area contributed by atoms with Gasteiger partial charge >= 0.3 is 5.97 Å². The maximum atomic E-state index is 11.5. The Morgan fingerprint density at radius 3 is 2.39 bits per heavy atom. The second-order valence-electron chi connectivity index (χ2n) is 7.57. The molecule has 4 rings (SSSR count). The number of ether oxygens (including phenoxy) is 1. The van der Waals surface area contributed by atoms with E-state index >= 15 is 0 Å². The minimum absolute atomic E-state index is 0.113. The van der Waals surface area contributed by atoms with E-state index in [1.54, 1.807) is 6.07 Å². The summed E-state index contributed by atoms with van der Waals surface area (Å²) < 4.78 is 5.27. The fraction of sp³-hybridized carbons (Fsp3) is 0.409. The van der Waals surface area contributed by atoms with Crippen LogP contribution in [-0.4, -0.2) is 28.9 Å². The monoisotopic (exact) mass is 380 g/mol. The summed E-state index contributed by atoms with van der Waals surface area (Å²) in [7, 11) is 0. The number of hydrogen-bond donors (Lipinski definition) is 0. The first kappa shape index (κ1) is 18.6. The third-order valence-electron chi connectivity index (χ3n) is 5.65. The van der Waals surface area contributed by atoms with Crippen molar-refractivity contribution >= 4 is 11.7 Å². The van der Waals surface area contributed by atoms with Gasteiger partial charge in [-0.1, -0.05) is 24.3 Å². The van der Waals surface area contributed by atoms with Gasteiger partial charge in [0.15, 0.2) is 0 Å². The molecule has 0 N–H and O–H groups in total. The molecule has 1 fully saturated rings. The summed E-state index contributed by atoms with van der Waals surface area (Å²) in [4.78, 5) is 25.1. The van der Waals surface area contributed by atoms with E-state index in [0.29, 0.717) is 24.2 Å². The van der Waals surface area contributed by atoms with Crippen molar-refractivity contribution in [2.24, 2.45) is 0 Å². The first-order valence-electron chi connectivity index (χ1n) is 9.90. The molecule has 0 unspecified atom stereocenters. The summed E-state index contributed by atoms with van der Waals surface area (Å²) in [5, 5.41) is 11.5. The lowest BCUT2D eigenvalue weighted by Gasteiger charge is -2.19. The van der Waals surface area contributed by atoms with E-state index in [0.717, 1.165) is 24.1 Å². The van der Waals surface area contributed by atoms with Crippen molar-refractivity contribution in [3.05, 3.63) is 68.8 Å². The molecule has 2 aromatic carbocycles. The van der Waals surface area contributed by atoms with Gasteiger partial charge in [-0.05, 0) is 62.4 Å². The maximum Gasteiger partial charge on any atom is 0.311 e. The van der Waals surface area contributed by atoms with E-state index < -0.39 is 0 Å². The molecule has 28 heavy (non-hydrogen) atoms. The van der Waals surface area contributed by atoms with Crippen LogP contribution in [-0.2, 0) is 30.6 Å². The maximum absolute atomic E-state index is 11.5. The van der Waals surface area contributed by atoms with Gasteiger partial charge < -0.3 is 4.74 Å². The average Bonchev–Trinajstić information content (AvgIpc) is 3.19. The van der Waals surface area contributed by atoms with Crippen LogP contribution in [0.3, 0.4) is 0 Å². The molecule has 6 heteroatoms. The van der Waals surface area contributed by atoms with Crippen LogP contribution in [0.4, 0.5) is 5.69 Å². The van der Waals surface area contributed by atoms with Crippen molar-refractivity contribution in [2.45, 2.75) is 45.1 Å². The Morgan fingerprint density at radius 1 is 0.964 bits per heavy atom. The van der Waals surface area contributed by atoms with E-state index in [2.05, 4.69) is 29.2 Å². The van der Waals surface area contributed by atoms with Crippen molar-refractivity contribution in [2.75, 3.05) is 13.1 Å². The molecule has 0 saturated carbocycles. The molecule has 146 valence electrons. The van der Waals surface area contributed by atoms with Crippen molar-refractivity contribution in [1.29, 1.82) is 0 Å². The van der Waals surface area contributed by atoms with Gasteiger partial charge in [0, 0.05) is 23.7 Å². The third kappa shape index (κ3) is 4.07. The van der Waals surface area contributed by atoms with Gasteiger partial charge in [-0.25, -0.2) is 0 Å². The zero-order valence-corrected chi connectivity index (χ0v) is 15.9. The lowest BCUT2D eigenvalue weighted by molar-refractivity contribution is -0.385. The van der Waals surface area contributed by atoms with Gasteiger partial charge in [-0.15, -0.1) is 0 Å². The van der Waals surface area contributed by atoms with E-state index in [-0.39, 0.29) is 23.0 Å². The lowest BCUT2D eigenvalue weighted by Crippen LogP contribution is -2.18. The highest BCUT2D eigenvalue weighted by atomic mass is 16.6. The number of aryl methyl sites for hydroxylation is 1. The van der Waals surface area contributed by atoms with Crippen LogP contribution in [0.2, 0.25) is 0 Å². The van der Waals surface area contributed by atoms with Gasteiger partial charge in [0.05, 0.1) is 11.3 Å². The molecule has 2 aromatic rings. The molecule has 0 atom stereocenters. The first-order chi connectivity index (χ1) is 13.6. The SMILES string of the molecule is O=C1CCc2c(ccc([N+](=O)[O-])c2CCc2ccc(CN3CCCC3)cc2)O1. The predicted molar refractivity (Wildman–Crippen MR) is 105 cm³/mol. The van der Waals surface area contributed by atoms with Crippen LogP contribution in [0.15, 0.2) is 36.4 Å². The molecule has 1 saturated heterocycles. The smallest absolute Gasteiger partial charge is 0.311 e. The lowest BCUT2D eigenvalue weighted by atomic mass is 9.93. The van der Waals surface area contributed by atoms with Crippen LogP contribution in [0.1, 0.15) is 41.5 Å². The zero-order chi connectivity index (χ0) is 19.5. The number of nitro groups is 1. The van der Waals surface area contributed by atoms with E-state index in [1.807, 2.05) is 0 Å². The Balaban J connectivity index is 1.48. The van der Waals surface area contributed by atoms with E-state index in [9.17, 15) is 14.9 Å². The summed E-state index contributed by atoms with van der Waals surface area (Å²) >= 11 is 0. The van der Waals surface area contributed by atoms with Gasteiger partial charge in [0.1, 0.15) is 5.75 Å². The van der Waals surface area contributed by atoms with Crippen LogP contribution in [0.5, 0.6) is 5.75 Å². The first-order valence-corrected chi connectivity index (χ1v) is 9.90. The van der Waals surface area contributed by atoms with Crippen molar-refractivity contribution in [3.63, 3.8) is 0 Å². The number of nitro benzene ring substituents is 1. The molecule has 0 bridgehead atoms. The van der Waals surface area contributed by atoms with Crippen molar-refractivity contribution in [3.8, 4) is 5.75 Å². The van der Waals surface area contributed by atoms with Gasteiger partial charge in [-0.2, -0.15) is 0 Å². The molecular formula is C22H24N2O4. The van der Waals surface area contributed by atoms with E-state index in [1.165, 1.54) is 37.6 Å². The zero-order valence-electron chi connectivity index (χ0n) is 15.9. The Bertz CT molecular complexity index is 886. The molecule has 0 spiro atoms. The van der Waals surface area contributed by atoms with Gasteiger partial charge in [0.25, 0.3) is 5.69 Å². The topological polar surface area (TPSA) is 72.7 Å². The largest absolute Gasteiger partial charge is 0.426 e. The Labute approximate surface area is 164 Å². The average molecular weight is 380 g/mol. The normalized spacial score (nSPS) is 16.6. The van der Waals surface area contributed by atoms with Crippen molar-refractivity contribution in [1.82, 2.24) is 4.90 Å². The highest BCUT2D eigenvalue weighted by molar-refractivity contribution is 5.76. The summed E-state index contributed by atoms with van der Waals surface area (Å²) in [6, 6.07) is 11.5. The molecule has 2 aliphatic rings. The van der Waals surface area contributed by atoms with Crippen LogP contribution >= 0.6 is 0 Å². The quantitative estimate of drug-likeness (QED) is 0.330. The van der Waals surface area contributed by atoms with Gasteiger partial charge in [0.2, 0.25) is 0 Å². The van der Waals surface area contributed by atoms with Gasteiger partial charge in [-0.3, -0.25) is 19.8 Å². The summed E-state index contributed by atoms with van der Waals surface area (Å²) in [5.74, 6) is 0.193. The minimum atomic E-state index is -0.342. The number of esters is 1. The molecule has 0 amide bonds. The number of rotatable bonds is 6. The highest BCUT2D eigenvalue weighted by Crippen LogP contribution is 2.35. The number of carbonyl (C=O) groups excluding carboxylic acids is 1. The number of benzene rings is 2. The third-order valence-corrected chi connectivity index (χ3v) is 5.65. The highest BCUT2D eigenvalue weighted by Gasteiger charge is 2.26. The predicted octanol–water partition coefficient (Wildman–Crippen LogP) is 3.83. The Morgan fingerprint density at radius 2 is 1.68 bits per heavy atom. The number of carbonyl (C=O) groups is 1. The molecular weight excluding hydrogens is 356 g/mol. The standard InChI is InChI=1S/C22H24N2O4/c25-22-12-9-19-18(20(24(26)27)10-11-21(19)28-22)8-7-16-3-5-17(6-4-16)15-23-13-1-2-14-23/h3-6,10-11H,1-2,7-9,12-15H2. The van der Waals surface area contributed by atoms with Crippen LogP contribution < -0.4 is 4.74 Å². The Hall–Kier alpha value is -2.73. The molecule has 2 aliphatic heterocycles. The fourth-order valence-corrected chi connectivity index (χ4v) is 4.16. The molecule has 0 aromatic heterocycles. The summed E-state index contributed by atoms with van der Waals surface area (Å²) in [6.45, 7) is 3.34. The minimum Gasteiger partial charge on any atom is -0.426 e. The van der Waals surface area contributed by atoms with Crippen LogP contribution in [0.25, 0.3) is 0 Å². The second kappa shape index (κ2) is 8.10. The van der Waals surface area contributed by atoms with Crippen molar-refractivity contribution < 1.29 is 14.5 Å². The van der Waals surface area contributed by atoms with E-state index in [4.69, 9.17) is 4.74 Å². The number of nitrogens with zero attached hydrogens (tertiary/aromatic N) is 2. The Kier molecular flexibility index (Phi) is 5.39. The number of fused-ring (bicyclic) bond motifs is 1. The number of likely N-dealkylation sites (tertiary alicyclic amines) is 1. The summed E-state index contributed by atoms with van der Waals surface area (Å²) in [5.41, 5.74) is 4.07.